The fraction of sp³-hybridized carbons (Fsp3) is 0.381. The van der Waals surface area contributed by atoms with Gasteiger partial charge in [0.15, 0.2) is 5.96 Å². The van der Waals surface area contributed by atoms with E-state index in [0.717, 1.165) is 35.4 Å². The third-order valence-corrected chi connectivity index (χ3v) is 6.71. The summed E-state index contributed by atoms with van der Waals surface area (Å²) in [6.45, 7) is 1.45. The van der Waals surface area contributed by atoms with Gasteiger partial charge in [0, 0.05) is 26.7 Å². The molecule has 8 heteroatoms. The van der Waals surface area contributed by atoms with Crippen molar-refractivity contribution in [2.45, 2.75) is 12.8 Å². The minimum absolute atomic E-state index is 0.00847. The summed E-state index contributed by atoms with van der Waals surface area (Å²) in [6, 6.07) is 15.5. The molecule has 0 fully saturated rings. The van der Waals surface area contributed by atoms with Crippen molar-refractivity contribution in [3.8, 4) is 5.75 Å². The Hall–Kier alpha value is -2.74. The summed E-state index contributed by atoms with van der Waals surface area (Å²) in [6.07, 6.45) is 1.53. The molecule has 0 aliphatic carbocycles. The van der Waals surface area contributed by atoms with Crippen molar-refractivity contribution in [3.63, 3.8) is 0 Å². The molecule has 0 bridgehead atoms. The number of nitrogens with one attached hydrogen (secondary N) is 2. The SMILES string of the molecule is CN=C(NCCc1ccccc1OC)NCCS(=O)(=O)N1CCc2ccccc21. The van der Waals surface area contributed by atoms with Gasteiger partial charge in [0.2, 0.25) is 10.0 Å². The van der Waals surface area contributed by atoms with E-state index in [4.69, 9.17) is 4.74 Å². The first-order valence-electron chi connectivity index (χ1n) is 9.70. The van der Waals surface area contributed by atoms with E-state index in [9.17, 15) is 8.42 Å². The monoisotopic (exact) mass is 416 g/mol. The Morgan fingerprint density at radius 2 is 1.83 bits per heavy atom. The van der Waals surface area contributed by atoms with Gasteiger partial charge in [-0.3, -0.25) is 9.30 Å². The van der Waals surface area contributed by atoms with Gasteiger partial charge in [-0.05, 0) is 36.1 Å². The molecule has 0 atom stereocenters. The van der Waals surface area contributed by atoms with E-state index in [1.54, 1.807) is 14.2 Å². The van der Waals surface area contributed by atoms with Gasteiger partial charge in [-0.1, -0.05) is 36.4 Å². The Kier molecular flexibility index (Phi) is 6.98. The summed E-state index contributed by atoms with van der Waals surface area (Å²) >= 11 is 0. The predicted molar refractivity (Wildman–Crippen MR) is 117 cm³/mol. The molecule has 29 heavy (non-hydrogen) atoms. The van der Waals surface area contributed by atoms with E-state index in [1.807, 2.05) is 48.5 Å². The van der Waals surface area contributed by atoms with E-state index >= 15 is 0 Å². The highest BCUT2D eigenvalue weighted by Gasteiger charge is 2.28. The van der Waals surface area contributed by atoms with E-state index in [1.165, 1.54) is 4.31 Å². The molecule has 7 nitrogen and oxygen atoms in total. The molecule has 2 aromatic carbocycles. The van der Waals surface area contributed by atoms with Crippen LogP contribution in [0.15, 0.2) is 53.5 Å². The first-order chi connectivity index (χ1) is 14.0. The zero-order valence-electron chi connectivity index (χ0n) is 16.9. The normalized spacial score (nSPS) is 13.9. The second-order valence-corrected chi connectivity index (χ2v) is 8.77. The number of sulfonamides is 1. The first kappa shape index (κ1) is 21.0. The molecule has 156 valence electrons. The summed E-state index contributed by atoms with van der Waals surface area (Å²) in [4.78, 5) is 4.17. The van der Waals surface area contributed by atoms with Crippen LogP contribution in [0.1, 0.15) is 11.1 Å². The van der Waals surface area contributed by atoms with Crippen molar-refractivity contribution < 1.29 is 13.2 Å². The van der Waals surface area contributed by atoms with E-state index in [2.05, 4.69) is 15.6 Å². The highest BCUT2D eigenvalue weighted by Crippen LogP contribution is 2.29. The van der Waals surface area contributed by atoms with Crippen molar-refractivity contribution in [1.82, 2.24) is 10.6 Å². The Balaban J connectivity index is 1.47. The number of fused-ring (bicyclic) bond motifs is 1. The molecule has 0 radical (unpaired) electrons. The average molecular weight is 417 g/mol. The Bertz CT molecular complexity index is 960. The topological polar surface area (TPSA) is 83.0 Å². The Labute approximate surface area is 172 Å². The average Bonchev–Trinajstić information content (AvgIpc) is 3.18. The molecule has 0 aromatic heterocycles. The second kappa shape index (κ2) is 9.65. The van der Waals surface area contributed by atoms with Gasteiger partial charge in [-0.15, -0.1) is 0 Å². The van der Waals surface area contributed by atoms with Crippen LogP contribution < -0.4 is 19.7 Å². The van der Waals surface area contributed by atoms with Crippen LogP contribution in [0.5, 0.6) is 5.75 Å². The Morgan fingerprint density at radius 3 is 2.62 bits per heavy atom. The highest BCUT2D eigenvalue weighted by molar-refractivity contribution is 7.92. The van der Waals surface area contributed by atoms with E-state index in [-0.39, 0.29) is 12.3 Å². The first-order valence-corrected chi connectivity index (χ1v) is 11.3. The number of anilines is 1. The van der Waals surface area contributed by atoms with Crippen molar-refractivity contribution in [2.75, 3.05) is 43.8 Å². The summed E-state index contributed by atoms with van der Waals surface area (Å²) in [5.74, 6) is 1.44. The van der Waals surface area contributed by atoms with E-state index in [0.29, 0.717) is 19.0 Å². The van der Waals surface area contributed by atoms with Gasteiger partial charge in [0.05, 0.1) is 18.6 Å². The molecule has 1 aliphatic heterocycles. The molecule has 1 aliphatic rings. The zero-order chi connectivity index (χ0) is 20.7. The molecular formula is C21H28N4O3S. The largest absolute Gasteiger partial charge is 0.496 e. The van der Waals surface area contributed by atoms with Crippen LogP contribution in [0.25, 0.3) is 0 Å². The number of nitrogens with zero attached hydrogens (tertiary/aromatic N) is 2. The number of guanidine groups is 1. The summed E-state index contributed by atoms with van der Waals surface area (Å²) in [5, 5.41) is 6.31. The molecule has 3 rings (SSSR count). The van der Waals surface area contributed by atoms with Gasteiger partial charge < -0.3 is 15.4 Å². The number of ether oxygens (including phenoxy) is 1. The van der Waals surface area contributed by atoms with E-state index < -0.39 is 10.0 Å². The van der Waals surface area contributed by atoms with Crippen LogP contribution in [0.3, 0.4) is 0 Å². The minimum Gasteiger partial charge on any atom is -0.496 e. The minimum atomic E-state index is -3.38. The van der Waals surface area contributed by atoms with Crippen LogP contribution in [-0.4, -0.2) is 53.9 Å². The molecule has 0 saturated heterocycles. The fourth-order valence-electron chi connectivity index (χ4n) is 3.45. The van der Waals surface area contributed by atoms with Gasteiger partial charge in [0.25, 0.3) is 0 Å². The maximum atomic E-state index is 12.7. The van der Waals surface area contributed by atoms with Crippen LogP contribution in [0, 0.1) is 0 Å². The number of rotatable bonds is 8. The number of benzene rings is 2. The van der Waals surface area contributed by atoms with Crippen LogP contribution >= 0.6 is 0 Å². The molecule has 0 unspecified atom stereocenters. The second-order valence-electron chi connectivity index (χ2n) is 6.75. The number of hydrogen-bond acceptors (Lipinski definition) is 4. The number of para-hydroxylation sites is 2. The van der Waals surface area contributed by atoms with Crippen molar-refractivity contribution in [1.29, 1.82) is 0 Å². The van der Waals surface area contributed by atoms with Gasteiger partial charge in [0.1, 0.15) is 5.75 Å². The van der Waals surface area contributed by atoms with Gasteiger partial charge in [-0.2, -0.15) is 0 Å². The van der Waals surface area contributed by atoms with Gasteiger partial charge in [-0.25, -0.2) is 8.42 Å². The van der Waals surface area contributed by atoms with Crippen LogP contribution in [-0.2, 0) is 22.9 Å². The lowest BCUT2D eigenvalue weighted by Gasteiger charge is -2.20. The molecule has 0 saturated carbocycles. The lowest BCUT2D eigenvalue weighted by molar-refractivity contribution is 0.409. The van der Waals surface area contributed by atoms with Crippen LogP contribution in [0.4, 0.5) is 5.69 Å². The molecule has 0 spiro atoms. The number of hydrogen-bond donors (Lipinski definition) is 2. The molecule has 1 heterocycles. The lowest BCUT2D eigenvalue weighted by Crippen LogP contribution is -2.42. The summed E-state index contributed by atoms with van der Waals surface area (Å²) in [5.41, 5.74) is 2.98. The maximum absolute atomic E-state index is 12.7. The predicted octanol–water partition coefficient (Wildman–Crippen LogP) is 1.80. The molecule has 2 aromatic rings. The van der Waals surface area contributed by atoms with Crippen molar-refractivity contribution in [2.24, 2.45) is 4.99 Å². The number of aliphatic imine (C=N–C) groups is 1. The number of methoxy groups -OCH3 is 1. The highest BCUT2D eigenvalue weighted by atomic mass is 32.2. The third-order valence-electron chi connectivity index (χ3n) is 4.94. The quantitative estimate of drug-likeness (QED) is 0.506. The Morgan fingerprint density at radius 1 is 1.10 bits per heavy atom. The van der Waals surface area contributed by atoms with Gasteiger partial charge >= 0.3 is 0 Å². The zero-order valence-corrected chi connectivity index (χ0v) is 17.7. The third kappa shape index (κ3) is 5.20. The summed E-state index contributed by atoms with van der Waals surface area (Å²) in [7, 11) is -0.0493. The standard InChI is InChI=1S/C21H28N4O3S/c1-22-21(23-13-11-18-8-4-6-10-20(18)28-2)24-14-16-29(26,27)25-15-12-17-7-3-5-9-19(17)25/h3-10H,11-16H2,1-2H3,(H2,22,23,24). The molecular weight excluding hydrogens is 388 g/mol. The lowest BCUT2D eigenvalue weighted by atomic mass is 10.1. The van der Waals surface area contributed by atoms with Crippen molar-refractivity contribution in [3.05, 3.63) is 59.7 Å². The molecule has 2 N–H and O–H groups in total. The smallest absolute Gasteiger partial charge is 0.236 e. The van der Waals surface area contributed by atoms with Crippen LogP contribution in [0.2, 0.25) is 0 Å². The molecule has 0 amide bonds. The summed E-state index contributed by atoms with van der Waals surface area (Å²) < 4.78 is 32.4. The maximum Gasteiger partial charge on any atom is 0.236 e. The van der Waals surface area contributed by atoms with Crippen molar-refractivity contribution >= 4 is 21.7 Å². The fourth-order valence-corrected chi connectivity index (χ4v) is 4.88.